The zero-order valence-electron chi connectivity index (χ0n) is 20.2. The molecule has 4 rings (SSSR count). The van der Waals surface area contributed by atoms with Gasteiger partial charge in [0.1, 0.15) is 0 Å². The summed E-state index contributed by atoms with van der Waals surface area (Å²) in [5.74, 6) is 0.432. The second-order valence-corrected chi connectivity index (χ2v) is 8.23. The maximum absolute atomic E-state index is 11.9. The summed E-state index contributed by atoms with van der Waals surface area (Å²) in [7, 11) is 0. The van der Waals surface area contributed by atoms with Crippen molar-refractivity contribution < 1.29 is 32.1 Å². The van der Waals surface area contributed by atoms with Crippen LogP contribution in [0, 0.1) is 0 Å². The fourth-order valence-electron chi connectivity index (χ4n) is 3.59. The normalized spacial score (nSPS) is 13.0. The summed E-state index contributed by atoms with van der Waals surface area (Å²) in [6.07, 6.45) is 22.0. The van der Waals surface area contributed by atoms with Crippen molar-refractivity contribution in [3.05, 3.63) is 149 Å². The number of Topliss-reactive ketones (excluding diaryl/α,β-unsaturated/α-hetero) is 1. The van der Waals surface area contributed by atoms with Crippen molar-refractivity contribution in [2.75, 3.05) is 0 Å². The topological polar surface area (TPSA) is 63.2 Å². The Morgan fingerprint density at radius 2 is 1.19 bits per heavy atom. The molecule has 2 aromatic carbocycles. The van der Waals surface area contributed by atoms with Crippen LogP contribution in [0.15, 0.2) is 138 Å². The average Bonchev–Trinajstić information content (AvgIpc) is 3.63. The van der Waals surface area contributed by atoms with Crippen LogP contribution in [-0.4, -0.2) is 5.78 Å². The van der Waals surface area contributed by atoms with Gasteiger partial charge in [-0.2, -0.15) is 0 Å². The van der Waals surface area contributed by atoms with Crippen molar-refractivity contribution in [2.45, 2.75) is 32.1 Å². The van der Waals surface area contributed by atoms with Gasteiger partial charge >= 0.3 is 17.1 Å². The first kappa shape index (κ1) is 28.6. The molecule has 0 aromatic heterocycles. The van der Waals surface area contributed by atoms with E-state index in [1.54, 1.807) is 6.08 Å². The summed E-state index contributed by atoms with van der Waals surface area (Å²) in [5, 5.41) is 23.3. The van der Waals surface area contributed by atoms with E-state index in [9.17, 15) is 15.0 Å². The molecular formula is C32H30FeO3. The van der Waals surface area contributed by atoms with Crippen LogP contribution in [0.3, 0.4) is 0 Å². The Morgan fingerprint density at radius 3 is 1.81 bits per heavy atom. The van der Waals surface area contributed by atoms with Crippen LogP contribution in [0.1, 0.15) is 48.0 Å². The Labute approximate surface area is 224 Å². The molecule has 0 unspecified atom stereocenters. The molecule has 0 N–H and O–H groups in total. The minimum absolute atomic E-state index is 0. The fraction of sp³-hybridized carbons (Fsp3) is 0.156. The van der Waals surface area contributed by atoms with Gasteiger partial charge in [-0.1, -0.05) is 134 Å². The predicted octanol–water partition coefficient (Wildman–Crippen LogP) is 6.00. The Kier molecular flexibility index (Phi) is 12.9. The second-order valence-electron chi connectivity index (χ2n) is 8.23. The van der Waals surface area contributed by atoms with Crippen LogP contribution in [0.2, 0.25) is 0 Å². The van der Waals surface area contributed by atoms with E-state index < -0.39 is 0 Å². The van der Waals surface area contributed by atoms with E-state index in [0.29, 0.717) is 12.8 Å². The number of unbranched alkanes of at least 4 members (excludes halogenated alkanes) is 2. The van der Waals surface area contributed by atoms with Gasteiger partial charge < -0.3 is 10.2 Å². The van der Waals surface area contributed by atoms with Crippen LogP contribution >= 0.6 is 0 Å². The molecule has 184 valence electrons. The van der Waals surface area contributed by atoms with Gasteiger partial charge in [-0.05, 0) is 29.6 Å². The van der Waals surface area contributed by atoms with Crippen molar-refractivity contribution in [1.29, 1.82) is 0 Å². The molecule has 3 nitrogen and oxygen atoms in total. The Balaban J connectivity index is 0.000000256. The third-order valence-electron chi connectivity index (χ3n) is 5.56. The summed E-state index contributed by atoms with van der Waals surface area (Å²) in [5.41, 5.74) is 3.35. The molecule has 4 heteroatoms. The largest absolute Gasteiger partial charge is 2.00 e. The minimum atomic E-state index is 0. The monoisotopic (exact) mass is 518 g/mol. The first-order valence-corrected chi connectivity index (χ1v) is 12.0. The van der Waals surface area contributed by atoms with E-state index in [4.69, 9.17) is 0 Å². The van der Waals surface area contributed by atoms with Gasteiger partial charge in [0, 0.05) is 12.0 Å². The molecule has 0 radical (unpaired) electrons. The minimum Gasteiger partial charge on any atom is -0.875 e. The van der Waals surface area contributed by atoms with Crippen molar-refractivity contribution in [1.82, 2.24) is 0 Å². The molecule has 2 aliphatic rings. The van der Waals surface area contributed by atoms with Crippen molar-refractivity contribution in [3.8, 4) is 0 Å². The molecule has 0 heterocycles. The third kappa shape index (κ3) is 9.95. The first-order valence-electron chi connectivity index (χ1n) is 12.0. The zero-order valence-corrected chi connectivity index (χ0v) is 21.3. The summed E-state index contributed by atoms with van der Waals surface area (Å²) < 4.78 is 0. The van der Waals surface area contributed by atoms with E-state index in [0.717, 1.165) is 41.5 Å². The molecule has 0 amide bonds. The van der Waals surface area contributed by atoms with Crippen LogP contribution < -0.4 is 10.2 Å². The Bertz CT molecular complexity index is 1150. The maximum atomic E-state index is 11.9. The third-order valence-corrected chi connectivity index (χ3v) is 5.56. The van der Waals surface area contributed by atoms with Gasteiger partial charge in [-0.15, -0.1) is 11.5 Å². The van der Waals surface area contributed by atoms with Gasteiger partial charge in [-0.25, -0.2) is 0 Å². The predicted molar refractivity (Wildman–Crippen MR) is 140 cm³/mol. The number of hydrogen-bond acceptors (Lipinski definition) is 3. The molecule has 36 heavy (non-hydrogen) atoms. The Morgan fingerprint density at radius 1 is 0.667 bits per heavy atom. The molecule has 0 saturated carbocycles. The van der Waals surface area contributed by atoms with Crippen molar-refractivity contribution >= 4 is 11.9 Å². The van der Waals surface area contributed by atoms with Gasteiger partial charge in [0.25, 0.3) is 0 Å². The summed E-state index contributed by atoms with van der Waals surface area (Å²) in [6.45, 7) is 0. The van der Waals surface area contributed by atoms with Crippen LogP contribution in [0.25, 0.3) is 6.08 Å². The number of carbonyl (C=O) groups excluding carboxylic acids is 1. The van der Waals surface area contributed by atoms with E-state index in [-0.39, 0.29) is 34.4 Å². The maximum Gasteiger partial charge on any atom is 2.00 e. The SMILES string of the molecule is O=C(CCCCCC([O-])=C1C=CC=C1)c1ccccc1.[Fe+2].[O-]C(C=Cc1ccccc1)=C1C=CC=C1. The summed E-state index contributed by atoms with van der Waals surface area (Å²) >= 11 is 0. The zero-order chi connectivity index (χ0) is 24.7. The average molecular weight is 518 g/mol. The quantitative estimate of drug-likeness (QED) is 0.177. The van der Waals surface area contributed by atoms with Crippen molar-refractivity contribution in [3.63, 3.8) is 0 Å². The van der Waals surface area contributed by atoms with Gasteiger partial charge in [-0.3, -0.25) is 4.79 Å². The standard InChI is InChI=1S/C18H20O2.C14H12O.Fe/c19-17(15-9-3-1-4-10-15)13-5-2-6-14-18(20)16-11-7-8-12-16;15-14(13-8-4-5-9-13)11-10-12-6-2-1-3-7-12;/h1,3-4,7-12,20H,2,5-6,13-14H2;1-11,15H;/q;;+2/p-2. The molecule has 0 bridgehead atoms. The van der Waals surface area contributed by atoms with Gasteiger partial charge in [0.2, 0.25) is 0 Å². The number of hydrogen-bond donors (Lipinski definition) is 0. The Hall–Kier alpha value is -3.59. The van der Waals surface area contributed by atoms with Crippen LogP contribution in [0.5, 0.6) is 0 Å². The fourth-order valence-corrected chi connectivity index (χ4v) is 3.59. The summed E-state index contributed by atoms with van der Waals surface area (Å²) in [4.78, 5) is 11.9. The van der Waals surface area contributed by atoms with Gasteiger partial charge in [0.05, 0.1) is 0 Å². The number of ketones is 1. The number of carbonyl (C=O) groups is 1. The molecule has 0 spiro atoms. The van der Waals surface area contributed by atoms with Gasteiger partial charge in [0.15, 0.2) is 5.78 Å². The number of allylic oxidation sites excluding steroid dienone is 12. The first-order chi connectivity index (χ1) is 17.1. The number of benzene rings is 2. The van der Waals surface area contributed by atoms with E-state index in [1.165, 1.54) is 0 Å². The number of rotatable bonds is 9. The van der Waals surface area contributed by atoms with Crippen LogP contribution in [-0.2, 0) is 17.1 Å². The molecule has 2 aromatic rings. The van der Waals surface area contributed by atoms with E-state index >= 15 is 0 Å². The molecule has 2 aliphatic carbocycles. The van der Waals surface area contributed by atoms with Crippen molar-refractivity contribution in [2.24, 2.45) is 0 Å². The molecule has 0 atom stereocenters. The second kappa shape index (κ2) is 16.1. The molecule has 0 saturated heterocycles. The molecule has 0 fully saturated rings. The molecule has 0 aliphatic heterocycles. The molecular weight excluding hydrogens is 488 g/mol. The van der Waals surface area contributed by atoms with E-state index in [1.807, 2.05) is 115 Å². The smallest absolute Gasteiger partial charge is 0.875 e. The van der Waals surface area contributed by atoms with Crippen LogP contribution in [0.4, 0.5) is 0 Å². The van der Waals surface area contributed by atoms with E-state index in [2.05, 4.69) is 0 Å². The summed E-state index contributed by atoms with van der Waals surface area (Å²) in [6, 6.07) is 19.2.